The van der Waals surface area contributed by atoms with Gasteiger partial charge in [0.1, 0.15) is 0 Å². The molecule has 0 fully saturated rings. The van der Waals surface area contributed by atoms with Crippen molar-refractivity contribution in [3.05, 3.63) is 41.6 Å². The molecule has 0 saturated carbocycles. The Morgan fingerprint density at radius 3 is 2.69 bits per heavy atom. The summed E-state index contributed by atoms with van der Waals surface area (Å²) in [4.78, 5) is 0. The van der Waals surface area contributed by atoms with Crippen LogP contribution in [0.2, 0.25) is 0 Å². The van der Waals surface area contributed by atoms with Crippen LogP contribution < -0.4 is 5.32 Å². The Bertz CT molecular complexity index is 352. The van der Waals surface area contributed by atoms with Crippen LogP contribution in [-0.2, 0) is 0 Å². The number of hydrogen-bond donors (Lipinski definition) is 1. The number of nitrogens with one attached hydrogen (secondary N) is 1. The number of benzene rings is 1. The molecule has 88 valence electrons. The van der Waals surface area contributed by atoms with E-state index in [1.807, 2.05) is 0 Å². The summed E-state index contributed by atoms with van der Waals surface area (Å²) in [6.45, 7) is 10.5. The highest BCUT2D eigenvalue weighted by atomic mass is 14.9. The Morgan fingerprint density at radius 1 is 1.25 bits per heavy atom. The van der Waals surface area contributed by atoms with Crippen LogP contribution in [0.1, 0.15) is 43.7 Å². The van der Waals surface area contributed by atoms with Crippen molar-refractivity contribution >= 4 is 5.69 Å². The number of anilines is 1. The summed E-state index contributed by atoms with van der Waals surface area (Å²) < 4.78 is 0. The van der Waals surface area contributed by atoms with Crippen molar-refractivity contribution in [1.82, 2.24) is 0 Å². The summed E-state index contributed by atoms with van der Waals surface area (Å²) >= 11 is 0. The molecule has 1 rings (SSSR count). The smallest absolute Gasteiger partial charge is 0.0414 e. The molecule has 0 atom stereocenters. The van der Waals surface area contributed by atoms with Gasteiger partial charge in [-0.2, -0.15) is 0 Å². The van der Waals surface area contributed by atoms with Crippen molar-refractivity contribution in [3.63, 3.8) is 0 Å². The molecule has 0 bridgehead atoms. The highest BCUT2D eigenvalue weighted by Crippen LogP contribution is 2.19. The fourth-order valence-corrected chi connectivity index (χ4v) is 1.71. The molecule has 1 aromatic rings. The molecule has 0 spiro atoms. The van der Waals surface area contributed by atoms with Crippen molar-refractivity contribution in [1.29, 1.82) is 0 Å². The monoisotopic (exact) mass is 217 g/mol. The summed E-state index contributed by atoms with van der Waals surface area (Å²) in [5, 5.41) is 3.42. The summed E-state index contributed by atoms with van der Waals surface area (Å²) in [5.41, 5.74) is 4.89. The molecule has 0 aliphatic carbocycles. The average molecular weight is 217 g/mol. The zero-order chi connectivity index (χ0) is 12.0. The molecular weight excluding hydrogens is 194 g/mol. The summed E-state index contributed by atoms with van der Waals surface area (Å²) in [5.74, 6) is 0. The molecule has 0 aromatic heterocycles. The zero-order valence-corrected chi connectivity index (χ0v) is 10.8. The van der Waals surface area contributed by atoms with Gasteiger partial charge in [0.05, 0.1) is 0 Å². The lowest BCUT2D eigenvalue weighted by Crippen LogP contribution is -2.00. The lowest BCUT2D eigenvalue weighted by molar-refractivity contribution is 0.716. The van der Waals surface area contributed by atoms with Crippen molar-refractivity contribution in [2.75, 3.05) is 5.32 Å². The predicted octanol–water partition coefficient (Wildman–Crippen LogP) is 4.81. The lowest BCUT2D eigenvalue weighted by Gasteiger charge is -2.12. The second-order valence-corrected chi connectivity index (χ2v) is 4.50. The normalized spacial score (nSPS) is 10.2. The summed E-state index contributed by atoms with van der Waals surface area (Å²) in [6, 6.07) is 6.47. The average Bonchev–Trinajstić information content (AvgIpc) is 2.24. The van der Waals surface area contributed by atoms with Crippen LogP contribution >= 0.6 is 0 Å². The second-order valence-electron chi connectivity index (χ2n) is 4.50. The van der Waals surface area contributed by atoms with Crippen molar-refractivity contribution < 1.29 is 0 Å². The molecular formula is C15H23N. The van der Waals surface area contributed by atoms with Crippen LogP contribution in [0.25, 0.3) is 0 Å². The van der Waals surface area contributed by atoms with Crippen LogP contribution in [0.3, 0.4) is 0 Å². The topological polar surface area (TPSA) is 12.0 Å². The van der Waals surface area contributed by atoms with Crippen LogP contribution in [-0.4, -0.2) is 0 Å². The Kier molecular flexibility index (Phi) is 5.10. The highest BCUT2D eigenvalue weighted by molar-refractivity contribution is 5.55. The summed E-state index contributed by atoms with van der Waals surface area (Å²) in [6.07, 6.45) is 4.85. The van der Waals surface area contributed by atoms with Crippen molar-refractivity contribution in [3.8, 4) is 0 Å². The van der Waals surface area contributed by atoms with Gasteiger partial charge in [-0.3, -0.25) is 0 Å². The van der Waals surface area contributed by atoms with Crippen LogP contribution in [0.15, 0.2) is 30.5 Å². The molecule has 0 aliphatic rings. The van der Waals surface area contributed by atoms with E-state index in [4.69, 9.17) is 0 Å². The Balaban J connectivity index is 2.52. The minimum Gasteiger partial charge on any atom is -0.359 e. The largest absolute Gasteiger partial charge is 0.359 e. The van der Waals surface area contributed by atoms with Crippen LogP contribution in [0, 0.1) is 13.8 Å². The lowest BCUT2D eigenvalue weighted by atomic mass is 10.1. The molecule has 0 aliphatic heterocycles. The second kappa shape index (κ2) is 6.37. The minimum atomic E-state index is 1.07. The number of aryl methyl sites for hydroxylation is 2. The Hall–Kier alpha value is -1.24. The van der Waals surface area contributed by atoms with Gasteiger partial charge >= 0.3 is 0 Å². The van der Waals surface area contributed by atoms with Gasteiger partial charge < -0.3 is 5.32 Å². The molecule has 1 N–H and O–H groups in total. The standard InChI is InChI=1S/C15H23N/c1-5-6-7-8-14(4)16-15-11-12(2)9-10-13(15)3/h9-11,16H,4-8H2,1-3H3. The van der Waals surface area contributed by atoms with E-state index in [1.54, 1.807) is 0 Å². The molecule has 0 radical (unpaired) electrons. The number of rotatable bonds is 6. The molecule has 1 aromatic carbocycles. The zero-order valence-electron chi connectivity index (χ0n) is 10.8. The first-order chi connectivity index (χ1) is 7.63. The maximum Gasteiger partial charge on any atom is 0.0414 e. The van der Waals surface area contributed by atoms with Crippen molar-refractivity contribution in [2.45, 2.75) is 46.5 Å². The van der Waals surface area contributed by atoms with E-state index in [1.165, 1.54) is 36.1 Å². The maximum absolute atomic E-state index is 4.08. The van der Waals surface area contributed by atoms with Gasteiger partial charge in [-0.05, 0) is 43.9 Å². The maximum atomic E-state index is 4.08. The van der Waals surface area contributed by atoms with Crippen LogP contribution in [0.4, 0.5) is 5.69 Å². The predicted molar refractivity (Wildman–Crippen MR) is 72.8 cm³/mol. The third-order valence-electron chi connectivity index (χ3n) is 2.79. The number of unbranched alkanes of at least 4 members (excludes halogenated alkanes) is 2. The van der Waals surface area contributed by atoms with Gasteiger partial charge in [0, 0.05) is 11.4 Å². The van der Waals surface area contributed by atoms with Gasteiger partial charge in [0.15, 0.2) is 0 Å². The molecule has 1 heteroatoms. The first-order valence-corrected chi connectivity index (χ1v) is 6.15. The fraction of sp³-hybridized carbons (Fsp3) is 0.467. The van der Waals surface area contributed by atoms with E-state index in [-0.39, 0.29) is 0 Å². The van der Waals surface area contributed by atoms with Gasteiger partial charge in [0.25, 0.3) is 0 Å². The first kappa shape index (κ1) is 12.8. The SMILES string of the molecule is C=C(CCCCC)Nc1cc(C)ccc1C. The minimum absolute atomic E-state index is 1.07. The Morgan fingerprint density at radius 2 is 2.00 bits per heavy atom. The molecule has 0 unspecified atom stereocenters. The fourth-order valence-electron chi connectivity index (χ4n) is 1.71. The van der Waals surface area contributed by atoms with Gasteiger partial charge in [-0.25, -0.2) is 0 Å². The third kappa shape index (κ3) is 4.09. The van der Waals surface area contributed by atoms with E-state index in [0.29, 0.717) is 0 Å². The number of hydrogen-bond acceptors (Lipinski definition) is 1. The third-order valence-corrected chi connectivity index (χ3v) is 2.79. The van der Waals surface area contributed by atoms with Crippen LogP contribution in [0.5, 0.6) is 0 Å². The highest BCUT2D eigenvalue weighted by Gasteiger charge is 2.00. The quantitative estimate of drug-likeness (QED) is 0.674. The molecule has 0 heterocycles. The molecule has 0 amide bonds. The van der Waals surface area contributed by atoms with E-state index in [2.05, 4.69) is 50.9 Å². The van der Waals surface area contributed by atoms with E-state index < -0.39 is 0 Å². The van der Waals surface area contributed by atoms with Crippen molar-refractivity contribution in [2.24, 2.45) is 0 Å². The molecule has 1 nitrogen and oxygen atoms in total. The van der Waals surface area contributed by atoms with Gasteiger partial charge in [-0.1, -0.05) is 38.5 Å². The Labute approximate surface area is 99.6 Å². The molecule has 16 heavy (non-hydrogen) atoms. The first-order valence-electron chi connectivity index (χ1n) is 6.15. The van der Waals surface area contributed by atoms with Gasteiger partial charge in [0.2, 0.25) is 0 Å². The number of allylic oxidation sites excluding steroid dienone is 1. The van der Waals surface area contributed by atoms with E-state index in [9.17, 15) is 0 Å². The van der Waals surface area contributed by atoms with Gasteiger partial charge in [-0.15, -0.1) is 0 Å². The molecule has 0 saturated heterocycles. The summed E-state index contributed by atoms with van der Waals surface area (Å²) in [7, 11) is 0. The van der Waals surface area contributed by atoms with E-state index in [0.717, 1.165) is 12.1 Å². The van der Waals surface area contributed by atoms with E-state index >= 15 is 0 Å².